The molecule has 0 saturated carbocycles. The van der Waals surface area contributed by atoms with Crippen molar-refractivity contribution >= 4 is 23.3 Å². The van der Waals surface area contributed by atoms with Gasteiger partial charge in [-0.3, -0.25) is 0 Å². The number of carboxylic acid groups (broad SMARTS) is 1. The van der Waals surface area contributed by atoms with E-state index in [2.05, 4.69) is 55.1 Å². The highest BCUT2D eigenvalue weighted by atomic mass is 35.5. The number of aliphatic carboxylic acids is 1. The molecule has 5 heteroatoms. The van der Waals surface area contributed by atoms with Gasteiger partial charge in [0.1, 0.15) is 5.75 Å². The lowest BCUT2D eigenvalue weighted by Crippen LogP contribution is -2.24. The molecular formula is C26H28ClNO3. The summed E-state index contributed by atoms with van der Waals surface area (Å²) in [7, 11) is 0. The van der Waals surface area contributed by atoms with E-state index in [1.165, 1.54) is 16.8 Å². The third kappa shape index (κ3) is 5.80. The minimum atomic E-state index is -0.978. The molecule has 0 amide bonds. The molecule has 0 saturated heterocycles. The summed E-state index contributed by atoms with van der Waals surface area (Å²) in [5.41, 5.74) is 6.88. The second-order valence-corrected chi connectivity index (χ2v) is 8.10. The van der Waals surface area contributed by atoms with Crippen LogP contribution in [-0.2, 0) is 11.3 Å². The highest BCUT2D eigenvalue weighted by molar-refractivity contribution is 6.30. The molecule has 3 aromatic rings. The van der Waals surface area contributed by atoms with Gasteiger partial charge in [0, 0.05) is 23.8 Å². The second-order valence-electron chi connectivity index (χ2n) is 7.66. The van der Waals surface area contributed by atoms with Gasteiger partial charge < -0.3 is 14.7 Å². The normalized spacial score (nSPS) is 10.7. The van der Waals surface area contributed by atoms with Gasteiger partial charge in [-0.25, -0.2) is 4.79 Å². The van der Waals surface area contributed by atoms with Crippen LogP contribution in [0.1, 0.15) is 30.0 Å². The molecular weight excluding hydrogens is 410 g/mol. The maximum Gasteiger partial charge on any atom is 0.341 e. The first kappa shape index (κ1) is 22.7. The number of nitrogens with zero attached hydrogens (tertiary/aromatic N) is 1. The topological polar surface area (TPSA) is 49.8 Å². The molecule has 3 rings (SSSR count). The molecule has 31 heavy (non-hydrogen) atoms. The fourth-order valence-corrected chi connectivity index (χ4v) is 3.92. The fourth-order valence-electron chi connectivity index (χ4n) is 3.79. The van der Waals surface area contributed by atoms with Gasteiger partial charge in [-0.1, -0.05) is 54.9 Å². The summed E-state index contributed by atoms with van der Waals surface area (Å²) in [6, 6.07) is 20.3. The van der Waals surface area contributed by atoms with Crippen LogP contribution in [0.4, 0.5) is 5.69 Å². The number of anilines is 1. The van der Waals surface area contributed by atoms with E-state index in [1.54, 1.807) is 0 Å². The molecule has 0 bridgehead atoms. The number of hydrogen-bond acceptors (Lipinski definition) is 3. The maximum absolute atomic E-state index is 10.8. The van der Waals surface area contributed by atoms with Crippen LogP contribution in [0.5, 0.6) is 5.75 Å². The van der Waals surface area contributed by atoms with Gasteiger partial charge in [0.25, 0.3) is 0 Å². The number of carboxylic acids is 1. The van der Waals surface area contributed by atoms with E-state index in [9.17, 15) is 4.79 Å². The number of aryl methyl sites for hydroxylation is 1. The van der Waals surface area contributed by atoms with Crippen molar-refractivity contribution in [3.8, 4) is 16.9 Å². The van der Waals surface area contributed by atoms with Gasteiger partial charge in [0.15, 0.2) is 6.61 Å². The number of hydrogen-bond donors (Lipinski definition) is 1. The highest BCUT2D eigenvalue weighted by Crippen LogP contribution is 2.32. The fraction of sp³-hybridized carbons (Fsp3) is 0.269. The second kappa shape index (κ2) is 10.4. The minimum absolute atomic E-state index is 0.334. The van der Waals surface area contributed by atoms with Gasteiger partial charge in [-0.2, -0.15) is 0 Å². The monoisotopic (exact) mass is 437 g/mol. The molecule has 0 aromatic heterocycles. The summed E-state index contributed by atoms with van der Waals surface area (Å²) >= 11 is 6.07. The van der Waals surface area contributed by atoms with E-state index in [4.69, 9.17) is 21.4 Å². The molecule has 0 atom stereocenters. The van der Waals surface area contributed by atoms with E-state index in [1.807, 2.05) is 31.2 Å². The van der Waals surface area contributed by atoms with Crippen molar-refractivity contribution in [1.82, 2.24) is 0 Å². The largest absolute Gasteiger partial charge is 0.482 e. The summed E-state index contributed by atoms with van der Waals surface area (Å²) in [6.07, 6.45) is 1.03. The van der Waals surface area contributed by atoms with E-state index in [-0.39, 0.29) is 6.61 Å². The molecule has 162 valence electrons. The van der Waals surface area contributed by atoms with Crippen LogP contribution in [0.2, 0.25) is 5.02 Å². The zero-order chi connectivity index (χ0) is 22.4. The number of halogens is 1. The Balaban J connectivity index is 1.87. The Labute approximate surface area is 189 Å². The van der Waals surface area contributed by atoms with Crippen LogP contribution >= 0.6 is 11.6 Å². The minimum Gasteiger partial charge on any atom is -0.482 e. The lowest BCUT2D eigenvalue weighted by molar-refractivity contribution is -0.139. The van der Waals surface area contributed by atoms with E-state index < -0.39 is 5.97 Å². The van der Waals surface area contributed by atoms with Gasteiger partial charge >= 0.3 is 5.97 Å². The Morgan fingerprint density at radius 2 is 1.81 bits per heavy atom. The summed E-state index contributed by atoms with van der Waals surface area (Å²) in [6.45, 7) is 7.64. The van der Waals surface area contributed by atoms with Gasteiger partial charge in [-0.05, 0) is 72.4 Å². The summed E-state index contributed by atoms with van der Waals surface area (Å²) < 4.78 is 5.36. The first-order chi connectivity index (χ1) is 14.9. The van der Waals surface area contributed by atoms with Crippen molar-refractivity contribution in [3.63, 3.8) is 0 Å². The standard InChI is InChI=1S/C26H28ClNO3/c1-4-14-28(16-20-8-13-25(18(2)15-20)31-17-26(29)30)24-7-5-6-23(19(24)3)21-9-11-22(27)12-10-21/h5-13,15H,4,14,16-17H2,1-3H3,(H,29,30). The SMILES string of the molecule is CCCN(Cc1ccc(OCC(=O)O)c(C)c1)c1cccc(-c2ccc(Cl)cc2)c1C. The average Bonchev–Trinajstić information content (AvgIpc) is 2.74. The Morgan fingerprint density at radius 3 is 2.45 bits per heavy atom. The molecule has 0 unspecified atom stereocenters. The third-order valence-electron chi connectivity index (χ3n) is 5.26. The number of carbonyl (C=O) groups is 1. The Bertz CT molecular complexity index is 1050. The van der Waals surface area contributed by atoms with Gasteiger partial charge in [0.2, 0.25) is 0 Å². The first-order valence-electron chi connectivity index (χ1n) is 10.4. The Kier molecular flexibility index (Phi) is 7.59. The molecule has 3 aromatic carbocycles. The van der Waals surface area contributed by atoms with Crippen LogP contribution in [-0.4, -0.2) is 24.2 Å². The van der Waals surface area contributed by atoms with E-state index in [0.717, 1.165) is 41.2 Å². The Hall–Kier alpha value is -2.98. The van der Waals surface area contributed by atoms with Crippen LogP contribution in [0.15, 0.2) is 60.7 Å². The zero-order valence-corrected chi connectivity index (χ0v) is 18.9. The summed E-state index contributed by atoms with van der Waals surface area (Å²) in [4.78, 5) is 13.2. The lowest BCUT2D eigenvalue weighted by atomic mass is 9.98. The van der Waals surface area contributed by atoms with Crippen molar-refractivity contribution in [3.05, 3.63) is 82.4 Å². The number of ether oxygens (including phenoxy) is 1. The van der Waals surface area contributed by atoms with Crippen LogP contribution in [0.25, 0.3) is 11.1 Å². The predicted molar refractivity (Wildman–Crippen MR) is 127 cm³/mol. The molecule has 1 N–H and O–H groups in total. The summed E-state index contributed by atoms with van der Waals surface area (Å²) in [5.74, 6) is -0.372. The molecule has 0 aliphatic heterocycles. The van der Waals surface area contributed by atoms with Crippen molar-refractivity contribution in [1.29, 1.82) is 0 Å². The maximum atomic E-state index is 10.8. The first-order valence-corrected chi connectivity index (χ1v) is 10.8. The quantitative estimate of drug-likeness (QED) is 0.415. The summed E-state index contributed by atoms with van der Waals surface area (Å²) in [5, 5.41) is 9.56. The van der Waals surface area contributed by atoms with Gasteiger partial charge in [-0.15, -0.1) is 0 Å². The lowest BCUT2D eigenvalue weighted by Gasteiger charge is -2.28. The molecule has 0 aliphatic carbocycles. The van der Waals surface area contributed by atoms with E-state index >= 15 is 0 Å². The molecule has 0 spiro atoms. The molecule has 0 fully saturated rings. The average molecular weight is 438 g/mol. The van der Waals surface area contributed by atoms with E-state index in [0.29, 0.717) is 5.75 Å². The Morgan fingerprint density at radius 1 is 1.06 bits per heavy atom. The van der Waals surface area contributed by atoms with Crippen molar-refractivity contribution < 1.29 is 14.6 Å². The van der Waals surface area contributed by atoms with Crippen molar-refractivity contribution in [2.75, 3.05) is 18.1 Å². The zero-order valence-electron chi connectivity index (χ0n) is 18.2. The van der Waals surface area contributed by atoms with Crippen LogP contribution < -0.4 is 9.64 Å². The smallest absolute Gasteiger partial charge is 0.341 e. The number of benzene rings is 3. The van der Waals surface area contributed by atoms with Crippen molar-refractivity contribution in [2.45, 2.75) is 33.7 Å². The highest BCUT2D eigenvalue weighted by Gasteiger charge is 2.14. The van der Waals surface area contributed by atoms with Gasteiger partial charge in [0.05, 0.1) is 0 Å². The van der Waals surface area contributed by atoms with Crippen molar-refractivity contribution in [2.24, 2.45) is 0 Å². The molecule has 4 nitrogen and oxygen atoms in total. The van der Waals surface area contributed by atoms with Crippen LogP contribution in [0, 0.1) is 13.8 Å². The molecule has 0 heterocycles. The molecule has 0 radical (unpaired) electrons. The molecule has 0 aliphatic rings. The van der Waals surface area contributed by atoms with Crippen LogP contribution in [0.3, 0.4) is 0 Å². The number of rotatable bonds is 9. The predicted octanol–water partition coefficient (Wildman–Crippen LogP) is 6.50. The third-order valence-corrected chi connectivity index (χ3v) is 5.51.